The highest BCUT2D eigenvalue weighted by Gasteiger charge is 2.57. The molecule has 1 N–H and O–H groups in total. The van der Waals surface area contributed by atoms with Gasteiger partial charge in [-0.2, -0.15) is 26.3 Å². The molecule has 0 unspecified atom stereocenters. The van der Waals surface area contributed by atoms with Crippen molar-refractivity contribution >= 4 is 12.1 Å². The first-order chi connectivity index (χ1) is 10.1. The minimum absolute atomic E-state index is 0.766. The third-order valence-electron chi connectivity index (χ3n) is 2.44. The molecule has 0 aromatic heterocycles. The second-order valence-corrected chi connectivity index (χ2v) is 5.59. The molecule has 11 heteroatoms. The van der Waals surface area contributed by atoms with E-state index >= 15 is 0 Å². The SMILES string of the molecule is COC(=O)[C@H](CC(C(F)(F)F)C(F)(F)F)NC(=O)OC(C)(C)C. The Balaban J connectivity index is 5.26. The van der Waals surface area contributed by atoms with Crippen molar-refractivity contribution in [1.82, 2.24) is 5.32 Å². The van der Waals surface area contributed by atoms with Gasteiger partial charge in [-0.1, -0.05) is 0 Å². The van der Waals surface area contributed by atoms with Crippen molar-refractivity contribution in [1.29, 1.82) is 0 Å². The molecule has 0 saturated heterocycles. The number of hydrogen-bond donors (Lipinski definition) is 1. The van der Waals surface area contributed by atoms with Crippen molar-refractivity contribution in [2.24, 2.45) is 5.92 Å². The predicted octanol–water partition coefficient (Wildman–Crippen LogP) is 3.18. The normalized spacial score (nSPS) is 14.4. The van der Waals surface area contributed by atoms with Gasteiger partial charge in [0.05, 0.1) is 7.11 Å². The molecule has 0 aromatic rings. The number of ether oxygens (including phenoxy) is 2. The predicted molar refractivity (Wildman–Crippen MR) is 65.4 cm³/mol. The van der Waals surface area contributed by atoms with E-state index in [0.717, 1.165) is 7.11 Å². The van der Waals surface area contributed by atoms with Crippen LogP contribution in [0.15, 0.2) is 0 Å². The number of carbonyl (C=O) groups excluding carboxylic acids is 2. The van der Waals surface area contributed by atoms with Crippen molar-refractivity contribution in [2.75, 3.05) is 7.11 Å². The lowest BCUT2D eigenvalue weighted by molar-refractivity contribution is -0.286. The largest absolute Gasteiger partial charge is 0.467 e. The van der Waals surface area contributed by atoms with Gasteiger partial charge in [0.15, 0.2) is 5.92 Å². The lowest BCUT2D eigenvalue weighted by Gasteiger charge is -2.27. The molecule has 136 valence electrons. The molecule has 0 fully saturated rings. The summed E-state index contributed by atoms with van der Waals surface area (Å²) in [5.41, 5.74) is -1.06. The number of methoxy groups -OCH3 is 1. The molecule has 0 heterocycles. The summed E-state index contributed by atoms with van der Waals surface area (Å²) in [4.78, 5) is 22.8. The fourth-order valence-corrected chi connectivity index (χ4v) is 1.49. The molecule has 0 radical (unpaired) electrons. The molecule has 0 rings (SSSR count). The van der Waals surface area contributed by atoms with Gasteiger partial charge >= 0.3 is 24.4 Å². The van der Waals surface area contributed by atoms with E-state index in [1.165, 1.54) is 20.8 Å². The van der Waals surface area contributed by atoms with Crippen LogP contribution in [0.3, 0.4) is 0 Å². The summed E-state index contributed by atoms with van der Waals surface area (Å²) in [5, 5.41) is 1.66. The Kier molecular flexibility index (Phi) is 6.73. The molecular formula is C12H17F6NO4. The maximum Gasteiger partial charge on any atom is 0.408 e. The van der Waals surface area contributed by atoms with Crippen LogP contribution in [-0.2, 0) is 14.3 Å². The summed E-state index contributed by atoms with van der Waals surface area (Å²) in [6.07, 6.45) is -14.4. The van der Waals surface area contributed by atoms with E-state index in [0.29, 0.717) is 0 Å². The van der Waals surface area contributed by atoms with E-state index in [9.17, 15) is 35.9 Å². The van der Waals surface area contributed by atoms with Gasteiger partial charge in [-0.25, -0.2) is 9.59 Å². The highest BCUT2D eigenvalue weighted by Crippen LogP contribution is 2.42. The molecule has 23 heavy (non-hydrogen) atoms. The Hall–Kier alpha value is -1.68. The molecule has 0 aliphatic carbocycles. The summed E-state index contributed by atoms with van der Waals surface area (Å²) < 4.78 is 84.0. The Morgan fingerprint density at radius 3 is 1.74 bits per heavy atom. The standard InChI is InChI=1S/C12H17F6NO4/c1-10(2,3)23-9(21)19-6(8(20)22-4)5-7(11(13,14)15)12(16,17)18/h6-7H,5H2,1-4H3,(H,19,21)/t6-/m0/s1. The van der Waals surface area contributed by atoms with Gasteiger partial charge in [-0.3, -0.25) is 0 Å². The summed E-state index contributed by atoms with van der Waals surface area (Å²) in [5.74, 6) is -5.25. The Bertz CT molecular complexity index is 413. The lowest BCUT2D eigenvalue weighted by Crippen LogP contribution is -2.49. The van der Waals surface area contributed by atoms with Crippen LogP contribution in [0.5, 0.6) is 0 Å². The minimum Gasteiger partial charge on any atom is -0.467 e. The molecule has 0 aliphatic heterocycles. The highest BCUT2D eigenvalue weighted by molar-refractivity contribution is 5.81. The molecule has 0 bridgehead atoms. The van der Waals surface area contributed by atoms with Crippen molar-refractivity contribution in [3.8, 4) is 0 Å². The zero-order valence-corrected chi connectivity index (χ0v) is 12.8. The van der Waals surface area contributed by atoms with E-state index < -0.39 is 48.4 Å². The van der Waals surface area contributed by atoms with E-state index in [1.807, 2.05) is 0 Å². The van der Waals surface area contributed by atoms with E-state index in [1.54, 1.807) is 5.32 Å². The molecule has 0 spiro atoms. The van der Waals surface area contributed by atoms with Crippen molar-refractivity contribution in [2.45, 2.75) is 51.2 Å². The van der Waals surface area contributed by atoms with Crippen LogP contribution in [0.2, 0.25) is 0 Å². The molecular weight excluding hydrogens is 336 g/mol. The minimum atomic E-state index is -5.64. The monoisotopic (exact) mass is 353 g/mol. The van der Waals surface area contributed by atoms with Crippen LogP contribution < -0.4 is 5.32 Å². The van der Waals surface area contributed by atoms with Crippen LogP contribution in [0, 0.1) is 5.92 Å². The third kappa shape index (κ3) is 7.93. The number of carbonyl (C=O) groups is 2. The fourth-order valence-electron chi connectivity index (χ4n) is 1.49. The second-order valence-electron chi connectivity index (χ2n) is 5.59. The lowest BCUT2D eigenvalue weighted by atomic mass is 9.98. The van der Waals surface area contributed by atoms with Gasteiger partial charge < -0.3 is 14.8 Å². The number of esters is 1. The first-order valence-corrected chi connectivity index (χ1v) is 6.28. The van der Waals surface area contributed by atoms with Crippen LogP contribution in [0.25, 0.3) is 0 Å². The van der Waals surface area contributed by atoms with Crippen molar-refractivity contribution in [3.63, 3.8) is 0 Å². The van der Waals surface area contributed by atoms with Crippen LogP contribution in [0.1, 0.15) is 27.2 Å². The number of hydrogen-bond acceptors (Lipinski definition) is 4. The highest BCUT2D eigenvalue weighted by atomic mass is 19.4. The Labute approximate surface area is 128 Å². The molecule has 1 atom stereocenters. The number of alkyl carbamates (subject to hydrolysis) is 1. The molecule has 1 amide bonds. The summed E-state index contributed by atoms with van der Waals surface area (Å²) in [6.45, 7) is 4.27. The molecule has 5 nitrogen and oxygen atoms in total. The topological polar surface area (TPSA) is 64.6 Å². The van der Waals surface area contributed by atoms with Gasteiger partial charge in [0, 0.05) is 0 Å². The Morgan fingerprint density at radius 2 is 1.43 bits per heavy atom. The van der Waals surface area contributed by atoms with Gasteiger partial charge in [0.1, 0.15) is 11.6 Å². The van der Waals surface area contributed by atoms with Gasteiger partial charge in [0.25, 0.3) is 0 Å². The van der Waals surface area contributed by atoms with Gasteiger partial charge in [-0.15, -0.1) is 0 Å². The zero-order valence-electron chi connectivity index (χ0n) is 12.8. The molecule has 0 aromatic carbocycles. The fraction of sp³-hybridized carbons (Fsp3) is 0.833. The average molecular weight is 353 g/mol. The van der Waals surface area contributed by atoms with E-state index in [2.05, 4.69) is 4.74 Å². The van der Waals surface area contributed by atoms with Gasteiger partial charge in [-0.05, 0) is 27.2 Å². The maximum absolute atomic E-state index is 12.5. The number of rotatable bonds is 4. The summed E-state index contributed by atoms with van der Waals surface area (Å²) >= 11 is 0. The second kappa shape index (κ2) is 7.26. The van der Waals surface area contributed by atoms with Crippen LogP contribution >= 0.6 is 0 Å². The smallest absolute Gasteiger partial charge is 0.408 e. The number of amides is 1. The summed E-state index contributed by atoms with van der Waals surface area (Å²) in [7, 11) is 0.766. The van der Waals surface area contributed by atoms with Crippen LogP contribution in [-0.4, -0.2) is 43.2 Å². The van der Waals surface area contributed by atoms with Crippen LogP contribution in [0.4, 0.5) is 31.1 Å². The zero-order chi connectivity index (χ0) is 18.6. The molecule has 0 aliphatic rings. The first kappa shape index (κ1) is 21.3. The third-order valence-corrected chi connectivity index (χ3v) is 2.44. The quantitative estimate of drug-likeness (QED) is 0.623. The molecule has 0 saturated carbocycles. The number of nitrogens with one attached hydrogen (secondary N) is 1. The van der Waals surface area contributed by atoms with Crippen molar-refractivity contribution in [3.05, 3.63) is 0 Å². The summed E-state index contributed by atoms with van der Waals surface area (Å²) in [6, 6.07) is -2.16. The van der Waals surface area contributed by atoms with Gasteiger partial charge in [0.2, 0.25) is 0 Å². The van der Waals surface area contributed by atoms with Crippen molar-refractivity contribution < 1.29 is 45.4 Å². The number of alkyl halides is 6. The van der Waals surface area contributed by atoms with E-state index in [4.69, 9.17) is 4.74 Å². The first-order valence-electron chi connectivity index (χ1n) is 6.28. The van der Waals surface area contributed by atoms with E-state index in [-0.39, 0.29) is 0 Å². The Morgan fingerprint density at radius 1 is 1.00 bits per heavy atom. The number of halogens is 6. The maximum atomic E-state index is 12.5. The average Bonchev–Trinajstić information content (AvgIpc) is 2.27.